The van der Waals surface area contributed by atoms with Crippen LogP contribution < -0.4 is 15.5 Å². The van der Waals surface area contributed by atoms with Gasteiger partial charge in [-0.25, -0.2) is 14.3 Å². The largest absolute Gasteiger partial charge is 0.393 e. The summed E-state index contributed by atoms with van der Waals surface area (Å²) in [6.07, 6.45) is 2.77. The lowest BCUT2D eigenvalue weighted by Gasteiger charge is -2.29. The number of aromatic nitrogens is 3. The molecule has 2 aromatic heterocycles. The summed E-state index contributed by atoms with van der Waals surface area (Å²) in [4.78, 5) is 34.1. The topological polar surface area (TPSA) is 124 Å². The molecule has 4 heterocycles. The summed E-state index contributed by atoms with van der Waals surface area (Å²) >= 11 is 0. The number of likely N-dealkylation sites (tertiary alicyclic amines) is 1. The average Bonchev–Trinajstić information content (AvgIpc) is 3.47. The maximum absolute atomic E-state index is 12.7. The molecule has 2 saturated heterocycles. The van der Waals surface area contributed by atoms with Crippen molar-refractivity contribution in [2.75, 3.05) is 54.9 Å². The molecule has 0 saturated carbocycles. The number of aliphatic hydroxyl groups excluding tert-OH is 1. The molecule has 2 aliphatic heterocycles. The van der Waals surface area contributed by atoms with E-state index in [1.165, 1.54) is 0 Å². The molecule has 0 bridgehead atoms. The molecule has 4 aromatic rings. The van der Waals surface area contributed by atoms with Crippen LogP contribution in [0.4, 0.5) is 22.0 Å². The molecule has 2 aliphatic rings. The van der Waals surface area contributed by atoms with Crippen molar-refractivity contribution in [2.24, 2.45) is 0 Å². The highest BCUT2D eigenvalue weighted by molar-refractivity contribution is 6.00. The number of nitrogens with one attached hydrogen (secondary N) is 2. The van der Waals surface area contributed by atoms with Crippen molar-refractivity contribution in [1.29, 1.82) is 0 Å². The molecule has 0 aliphatic carbocycles. The summed E-state index contributed by atoms with van der Waals surface area (Å²) in [6, 6.07) is 17.7. The van der Waals surface area contributed by atoms with Crippen LogP contribution in [-0.4, -0.2) is 82.0 Å². The van der Waals surface area contributed by atoms with E-state index in [2.05, 4.69) is 20.6 Å². The number of anilines is 3. The Morgan fingerprint density at radius 1 is 0.875 bits per heavy atom. The van der Waals surface area contributed by atoms with Crippen molar-refractivity contribution in [3.05, 3.63) is 72.4 Å². The summed E-state index contributed by atoms with van der Waals surface area (Å²) in [5.41, 5.74) is 3.53. The first-order chi connectivity index (χ1) is 19.5. The Morgan fingerprint density at radius 3 is 2.20 bits per heavy atom. The minimum Gasteiger partial charge on any atom is -0.393 e. The maximum Gasteiger partial charge on any atom is 0.323 e. The van der Waals surface area contributed by atoms with E-state index >= 15 is 0 Å². The van der Waals surface area contributed by atoms with Gasteiger partial charge in [0.2, 0.25) is 0 Å². The molecule has 40 heavy (non-hydrogen) atoms. The first kappa shape index (κ1) is 25.8. The van der Waals surface area contributed by atoms with Crippen LogP contribution in [0.3, 0.4) is 0 Å². The molecule has 11 heteroatoms. The quantitative estimate of drug-likeness (QED) is 0.353. The van der Waals surface area contributed by atoms with E-state index < -0.39 is 6.03 Å². The number of hydrogen-bond donors (Lipinski definition) is 3. The third-order valence-corrected chi connectivity index (χ3v) is 7.22. The molecule has 11 nitrogen and oxygen atoms in total. The highest BCUT2D eigenvalue weighted by Crippen LogP contribution is 2.25. The smallest absolute Gasteiger partial charge is 0.323 e. The van der Waals surface area contributed by atoms with Crippen LogP contribution >= 0.6 is 0 Å². The summed E-state index contributed by atoms with van der Waals surface area (Å²) in [5, 5.41) is 20.0. The van der Waals surface area contributed by atoms with E-state index in [0.29, 0.717) is 61.9 Å². The number of nitrogens with zero attached hydrogens (tertiary/aromatic N) is 5. The van der Waals surface area contributed by atoms with Gasteiger partial charge in [0.05, 0.1) is 19.3 Å². The predicted octanol–water partition coefficient (Wildman–Crippen LogP) is 3.47. The number of piperidine rings is 1. The van der Waals surface area contributed by atoms with Crippen molar-refractivity contribution in [3.8, 4) is 11.4 Å². The van der Waals surface area contributed by atoms with Gasteiger partial charge in [-0.3, -0.25) is 4.79 Å². The number of benzene rings is 2. The Hall–Kier alpha value is -4.48. The third-order valence-electron chi connectivity index (χ3n) is 7.22. The van der Waals surface area contributed by atoms with Crippen LogP contribution in [0, 0.1) is 0 Å². The number of morpholine rings is 1. The SMILES string of the molecule is O=C(Nc1ccc(C(=O)N2CCC(O)CC2)cc1)Nc1ccc(-c2nc(N3CCOCC3)c3cccn3n2)cc1. The van der Waals surface area contributed by atoms with Crippen molar-refractivity contribution >= 4 is 34.6 Å². The second-order valence-electron chi connectivity index (χ2n) is 9.95. The van der Waals surface area contributed by atoms with Crippen LogP contribution in [0.1, 0.15) is 23.2 Å². The Kier molecular flexibility index (Phi) is 7.30. The lowest BCUT2D eigenvalue weighted by atomic mass is 10.1. The van der Waals surface area contributed by atoms with Crippen molar-refractivity contribution in [2.45, 2.75) is 18.9 Å². The molecule has 3 N–H and O–H groups in total. The molecule has 206 valence electrons. The van der Waals surface area contributed by atoms with E-state index in [1.54, 1.807) is 29.2 Å². The number of fused-ring (bicyclic) bond motifs is 1. The zero-order valence-electron chi connectivity index (χ0n) is 22.0. The molecule has 0 radical (unpaired) electrons. The van der Waals surface area contributed by atoms with Crippen molar-refractivity contribution in [3.63, 3.8) is 0 Å². The number of carbonyl (C=O) groups is 2. The van der Waals surface area contributed by atoms with E-state index in [-0.39, 0.29) is 12.0 Å². The number of amides is 3. The normalized spacial score (nSPS) is 16.2. The van der Waals surface area contributed by atoms with E-state index in [1.807, 2.05) is 47.1 Å². The van der Waals surface area contributed by atoms with Gasteiger partial charge in [0.25, 0.3) is 5.91 Å². The van der Waals surface area contributed by atoms with Crippen LogP contribution in [0.15, 0.2) is 66.9 Å². The number of hydrogen-bond acceptors (Lipinski definition) is 7. The molecular formula is C29H31N7O4. The highest BCUT2D eigenvalue weighted by atomic mass is 16.5. The minimum absolute atomic E-state index is 0.0695. The summed E-state index contributed by atoms with van der Waals surface area (Å²) in [7, 11) is 0. The summed E-state index contributed by atoms with van der Waals surface area (Å²) < 4.78 is 7.33. The van der Waals surface area contributed by atoms with Crippen molar-refractivity contribution < 1.29 is 19.4 Å². The van der Waals surface area contributed by atoms with E-state index in [4.69, 9.17) is 9.72 Å². The summed E-state index contributed by atoms with van der Waals surface area (Å²) in [6.45, 7) is 3.98. The average molecular weight is 542 g/mol. The van der Waals surface area contributed by atoms with Crippen LogP contribution in [0.5, 0.6) is 0 Å². The standard InChI is InChI=1S/C29H31N7O4/c37-24-11-14-35(15-12-24)28(38)21-5-9-23(10-6-21)31-29(39)30-22-7-3-20(4-8-22)26-32-27(34-16-18-40-19-17-34)25-2-1-13-36(25)33-26/h1-10,13,24,37H,11-12,14-19H2,(H2,30,31,39). The van der Waals surface area contributed by atoms with Gasteiger partial charge in [-0.15, -0.1) is 5.10 Å². The van der Waals surface area contributed by atoms with Crippen LogP contribution in [0.2, 0.25) is 0 Å². The van der Waals surface area contributed by atoms with Gasteiger partial charge in [-0.1, -0.05) is 0 Å². The van der Waals surface area contributed by atoms with E-state index in [9.17, 15) is 14.7 Å². The molecule has 6 rings (SSSR count). The van der Waals surface area contributed by atoms with Crippen LogP contribution in [0.25, 0.3) is 16.9 Å². The highest BCUT2D eigenvalue weighted by Gasteiger charge is 2.22. The van der Waals surface area contributed by atoms with Gasteiger partial charge in [0.15, 0.2) is 11.6 Å². The first-order valence-electron chi connectivity index (χ1n) is 13.5. The second kappa shape index (κ2) is 11.3. The number of ether oxygens (including phenoxy) is 1. The lowest BCUT2D eigenvalue weighted by Crippen LogP contribution is -2.40. The van der Waals surface area contributed by atoms with Gasteiger partial charge in [0, 0.05) is 54.9 Å². The molecule has 0 unspecified atom stereocenters. The van der Waals surface area contributed by atoms with E-state index in [0.717, 1.165) is 30.0 Å². The molecule has 3 amide bonds. The second-order valence-corrected chi connectivity index (χ2v) is 9.95. The number of carbonyl (C=O) groups excluding carboxylic acids is 2. The van der Waals surface area contributed by atoms with Gasteiger partial charge < -0.3 is 30.3 Å². The van der Waals surface area contributed by atoms with Crippen molar-refractivity contribution in [1.82, 2.24) is 19.5 Å². The third kappa shape index (κ3) is 5.61. The number of urea groups is 1. The van der Waals surface area contributed by atoms with Gasteiger partial charge in [-0.2, -0.15) is 0 Å². The Labute approximate surface area is 231 Å². The molecule has 0 spiro atoms. The molecule has 2 aromatic carbocycles. The fraction of sp³-hybridized carbons (Fsp3) is 0.310. The monoisotopic (exact) mass is 541 g/mol. The van der Waals surface area contributed by atoms with Gasteiger partial charge in [-0.05, 0) is 73.5 Å². The number of aliphatic hydroxyl groups is 1. The predicted molar refractivity (Wildman–Crippen MR) is 152 cm³/mol. The van der Waals surface area contributed by atoms with Gasteiger partial charge >= 0.3 is 6.03 Å². The fourth-order valence-corrected chi connectivity index (χ4v) is 4.99. The minimum atomic E-state index is -0.392. The maximum atomic E-state index is 12.7. The zero-order valence-corrected chi connectivity index (χ0v) is 22.0. The molecule has 0 atom stereocenters. The zero-order chi connectivity index (χ0) is 27.5. The van der Waals surface area contributed by atoms with Crippen LogP contribution in [-0.2, 0) is 4.74 Å². The molecule has 2 fully saturated rings. The van der Waals surface area contributed by atoms with Gasteiger partial charge in [0.1, 0.15) is 5.52 Å². The fourth-order valence-electron chi connectivity index (χ4n) is 4.99. The number of rotatable bonds is 5. The molecular weight excluding hydrogens is 510 g/mol. The Balaban J connectivity index is 1.09. The Bertz CT molecular complexity index is 1490. The Morgan fingerprint density at radius 2 is 1.52 bits per heavy atom. The lowest BCUT2D eigenvalue weighted by molar-refractivity contribution is 0.0546. The summed E-state index contributed by atoms with van der Waals surface area (Å²) in [5.74, 6) is 1.40. The first-order valence-corrected chi connectivity index (χ1v) is 13.5.